The highest BCUT2D eigenvalue weighted by Gasteiger charge is 2.03. The van der Waals surface area contributed by atoms with Crippen LogP contribution in [0.3, 0.4) is 0 Å². The van der Waals surface area contributed by atoms with Crippen molar-refractivity contribution in [1.82, 2.24) is 10.2 Å². The molecule has 0 saturated carbocycles. The van der Waals surface area contributed by atoms with Crippen LogP contribution in [0.4, 0.5) is 6.01 Å². The molecular formula is C12H24N4O. The second kappa shape index (κ2) is 8.98. The van der Waals surface area contributed by atoms with Gasteiger partial charge in [-0.1, -0.05) is 44.1 Å². The number of aromatic nitrogens is 2. The SMILES string of the molecule is CCCCCCCCNc1nnc(CCN)o1. The fourth-order valence-corrected chi connectivity index (χ4v) is 1.65. The quantitative estimate of drug-likeness (QED) is 0.614. The molecule has 17 heavy (non-hydrogen) atoms. The molecule has 0 unspecified atom stereocenters. The summed E-state index contributed by atoms with van der Waals surface area (Å²) in [6.45, 7) is 3.67. The Hall–Kier alpha value is -1.10. The van der Waals surface area contributed by atoms with Gasteiger partial charge in [0, 0.05) is 19.5 Å². The van der Waals surface area contributed by atoms with E-state index in [4.69, 9.17) is 10.2 Å². The van der Waals surface area contributed by atoms with E-state index in [1.165, 1.54) is 32.1 Å². The first-order valence-corrected chi connectivity index (χ1v) is 6.63. The molecule has 0 saturated heterocycles. The number of hydrogen-bond acceptors (Lipinski definition) is 5. The molecule has 0 spiro atoms. The average Bonchev–Trinajstić information content (AvgIpc) is 2.76. The Morgan fingerprint density at radius 2 is 1.88 bits per heavy atom. The maximum absolute atomic E-state index is 5.40. The number of anilines is 1. The zero-order chi connectivity index (χ0) is 12.3. The molecule has 3 N–H and O–H groups in total. The fourth-order valence-electron chi connectivity index (χ4n) is 1.65. The fraction of sp³-hybridized carbons (Fsp3) is 0.833. The minimum Gasteiger partial charge on any atom is -0.408 e. The van der Waals surface area contributed by atoms with E-state index in [-0.39, 0.29) is 0 Å². The summed E-state index contributed by atoms with van der Waals surface area (Å²) in [5.41, 5.74) is 5.40. The number of rotatable bonds is 10. The lowest BCUT2D eigenvalue weighted by atomic mass is 10.1. The third-order valence-electron chi connectivity index (χ3n) is 2.63. The molecule has 0 aliphatic rings. The highest BCUT2D eigenvalue weighted by atomic mass is 16.4. The van der Waals surface area contributed by atoms with Crippen LogP contribution in [0.25, 0.3) is 0 Å². The number of unbranched alkanes of at least 4 members (excludes halogenated alkanes) is 5. The van der Waals surface area contributed by atoms with Crippen molar-refractivity contribution in [1.29, 1.82) is 0 Å². The molecular weight excluding hydrogens is 216 g/mol. The van der Waals surface area contributed by atoms with Crippen LogP contribution in [0, 0.1) is 0 Å². The Morgan fingerprint density at radius 3 is 2.65 bits per heavy atom. The van der Waals surface area contributed by atoms with E-state index in [1.54, 1.807) is 0 Å². The van der Waals surface area contributed by atoms with Gasteiger partial charge in [0.25, 0.3) is 0 Å². The highest BCUT2D eigenvalue weighted by Crippen LogP contribution is 2.08. The van der Waals surface area contributed by atoms with Crippen LogP contribution in [0.5, 0.6) is 0 Å². The molecule has 0 bridgehead atoms. The zero-order valence-electron chi connectivity index (χ0n) is 10.7. The van der Waals surface area contributed by atoms with Crippen LogP contribution in [0.2, 0.25) is 0 Å². The van der Waals surface area contributed by atoms with Gasteiger partial charge in [0.2, 0.25) is 5.89 Å². The van der Waals surface area contributed by atoms with Gasteiger partial charge in [0.15, 0.2) is 0 Å². The summed E-state index contributed by atoms with van der Waals surface area (Å²) >= 11 is 0. The largest absolute Gasteiger partial charge is 0.408 e. The predicted octanol–water partition coefficient (Wildman–Crippen LogP) is 2.34. The second-order valence-electron chi connectivity index (χ2n) is 4.23. The molecule has 1 rings (SSSR count). The Kier molecular flexibility index (Phi) is 7.38. The summed E-state index contributed by atoms with van der Waals surface area (Å²) in [6.07, 6.45) is 8.36. The van der Waals surface area contributed by atoms with Gasteiger partial charge in [-0.2, -0.15) is 0 Å². The lowest BCUT2D eigenvalue weighted by molar-refractivity contribution is 0.504. The van der Waals surface area contributed by atoms with E-state index < -0.39 is 0 Å². The van der Waals surface area contributed by atoms with Crippen LogP contribution < -0.4 is 11.1 Å². The van der Waals surface area contributed by atoms with Gasteiger partial charge < -0.3 is 15.5 Å². The molecule has 1 aromatic rings. The Labute approximate surface area is 103 Å². The first-order valence-electron chi connectivity index (χ1n) is 6.63. The first-order chi connectivity index (χ1) is 8.36. The van der Waals surface area contributed by atoms with E-state index in [1.807, 2.05) is 0 Å². The first kappa shape index (κ1) is 14.0. The maximum atomic E-state index is 5.40. The van der Waals surface area contributed by atoms with Crippen molar-refractivity contribution in [2.45, 2.75) is 51.9 Å². The van der Waals surface area contributed by atoms with E-state index in [9.17, 15) is 0 Å². The molecule has 0 fully saturated rings. The Balaban J connectivity index is 2.01. The maximum Gasteiger partial charge on any atom is 0.315 e. The summed E-state index contributed by atoms with van der Waals surface area (Å²) in [5.74, 6) is 0.609. The van der Waals surface area contributed by atoms with Gasteiger partial charge in [-0.05, 0) is 6.42 Å². The van der Waals surface area contributed by atoms with E-state index >= 15 is 0 Å². The molecule has 1 heterocycles. The summed E-state index contributed by atoms with van der Waals surface area (Å²) in [4.78, 5) is 0. The molecule has 0 aliphatic carbocycles. The minimum atomic E-state index is 0.516. The van der Waals surface area contributed by atoms with Gasteiger partial charge in [-0.25, -0.2) is 0 Å². The number of nitrogens with two attached hydrogens (primary N) is 1. The van der Waals surface area contributed by atoms with Crippen molar-refractivity contribution in [3.63, 3.8) is 0 Å². The minimum absolute atomic E-state index is 0.516. The summed E-state index contributed by atoms with van der Waals surface area (Å²) in [7, 11) is 0. The Bertz CT molecular complexity index is 288. The van der Waals surface area contributed by atoms with Crippen molar-refractivity contribution in [2.75, 3.05) is 18.4 Å². The molecule has 0 amide bonds. The van der Waals surface area contributed by atoms with E-state index in [0.717, 1.165) is 13.0 Å². The number of nitrogens with one attached hydrogen (secondary N) is 1. The normalized spacial score (nSPS) is 10.7. The Morgan fingerprint density at radius 1 is 1.12 bits per heavy atom. The molecule has 0 aliphatic heterocycles. The van der Waals surface area contributed by atoms with Gasteiger partial charge in [-0.3, -0.25) is 0 Å². The van der Waals surface area contributed by atoms with Crippen molar-refractivity contribution in [3.8, 4) is 0 Å². The molecule has 98 valence electrons. The number of hydrogen-bond donors (Lipinski definition) is 2. The topological polar surface area (TPSA) is 77.0 Å². The number of nitrogens with zero attached hydrogens (tertiary/aromatic N) is 2. The van der Waals surface area contributed by atoms with E-state index in [0.29, 0.717) is 24.9 Å². The smallest absolute Gasteiger partial charge is 0.315 e. The lowest BCUT2D eigenvalue weighted by Gasteiger charge is -2.01. The molecule has 0 aromatic carbocycles. The van der Waals surface area contributed by atoms with Gasteiger partial charge in [0.1, 0.15) is 0 Å². The summed E-state index contributed by atoms with van der Waals surface area (Å²) < 4.78 is 5.36. The van der Waals surface area contributed by atoms with Crippen molar-refractivity contribution in [3.05, 3.63) is 5.89 Å². The van der Waals surface area contributed by atoms with Crippen molar-refractivity contribution in [2.24, 2.45) is 5.73 Å². The molecule has 1 aromatic heterocycles. The van der Waals surface area contributed by atoms with Crippen molar-refractivity contribution >= 4 is 6.01 Å². The van der Waals surface area contributed by atoms with Crippen LogP contribution >= 0.6 is 0 Å². The standard InChI is InChI=1S/C12H24N4O/c1-2-3-4-5-6-7-10-14-12-16-15-11(17-12)8-9-13/h2-10,13H2,1H3,(H,14,16). The van der Waals surface area contributed by atoms with Crippen LogP contribution in [0.15, 0.2) is 4.42 Å². The van der Waals surface area contributed by atoms with E-state index in [2.05, 4.69) is 22.4 Å². The molecule has 0 radical (unpaired) electrons. The highest BCUT2D eigenvalue weighted by molar-refractivity contribution is 5.16. The average molecular weight is 240 g/mol. The lowest BCUT2D eigenvalue weighted by Crippen LogP contribution is -2.02. The zero-order valence-corrected chi connectivity index (χ0v) is 10.7. The third kappa shape index (κ3) is 6.26. The van der Waals surface area contributed by atoms with Crippen LogP contribution in [-0.4, -0.2) is 23.3 Å². The monoisotopic (exact) mass is 240 g/mol. The van der Waals surface area contributed by atoms with Crippen LogP contribution in [-0.2, 0) is 6.42 Å². The molecule has 5 nitrogen and oxygen atoms in total. The van der Waals surface area contributed by atoms with Gasteiger partial charge in [-0.15, -0.1) is 5.10 Å². The van der Waals surface area contributed by atoms with Crippen LogP contribution in [0.1, 0.15) is 51.3 Å². The third-order valence-corrected chi connectivity index (χ3v) is 2.63. The van der Waals surface area contributed by atoms with Gasteiger partial charge in [0.05, 0.1) is 0 Å². The molecule has 0 atom stereocenters. The summed E-state index contributed by atoms with van der Waals surface area (Å²) in [5, 5.41) is 10.9. The second-order valence-corrected chi connectivity index (χ2v) is 4.23. The molecule has 5 heteroatoms. The van der Waals surface area contributed by atoms with Crippen molar-refractivity contribution < 1.29 is 4.42 Å². The predicted molar refractivity (Wildman–Crippen MR) is 68.9 cm³/mol. The van der Waals surface area contributed by atoms with Gasteiger partial charge >= 0.3 is 6.01 Å². The summed E-state index contributed by atoms with van der Waals surface area (Å²) in [6, 6.07) is 0.516.